The number of fused-ring (bicyclic) bond motifs is 5. The Morgan fingerprint density at radius 3 is 0.923 bits per heavy atom. The van der Waals surface area contributed by atoms with E-state index in [1.54, 1.807) is 68.3 Å². The largest absolute Gasteiger partial charge is 0.464 e. The van der Waals surface area contributed by atoms with Crippen LogP contribution in [0.3, 0.4) is 0 Å². The number of amides is 6. The van der Waals surface area contributed by atoms with E-state index in [1.165, 1.54) is 87.3 Å². The molecule has 0 spiro atoms. The van der Waals surface area contributed by atoms with E-state index in [1.807, 2.05) is 180 Å². The summed E-state index contributed by atoms with van der Waals surface area (Å²) in [6.45, 7) is 1.93. The van der Waals surface area contributed by atoms with Crippen LogP contribution in [0.15, 0.2) is 276 Å². The monoisotopic (exact) mass is 1570 g/mol. The number of esters is 2. The number of carbonyl (C=O) groups is 9. The molecule has 0 radical (unpaired) electrons. The molecule has 586 valence electrons. The van der Waals surface area contributed by atoms with Crippen LogP contribution in [-0.2, 0) is 23.6 Å². The Hall–Kier alpha value is -16.3. The number of nitrogen functional groups attached to an aromatic ring is 2. The number of aromatic nitrogens is 9. The maximum atomic E-state index is 12.6. The number of para-hydroxylation sites is 5. The molecule has 11 N–H and O–H groups in total. The maximum Gasteiger partial charge on any atom is 0.356 e. The van der Waals surface area contributed by atoms with Crippen molar-refractivity contribution in [1.82, 2.24) is 67.4 Å². The second kappa shape index (κ2) is 43.4. The highest BCUT2D eigenvalue weighted by molar-refractivity contribution is 6.04. The summed E-state index contributed by atoms with van der Waals surface area (Å²) in [6.07, 6.45) is 15.9. The summed E-state index contributed by atoms with van der Waals surface area (Å²) in [6, 6.07) is 65.8. The fraction of sp³-hybridized carbons (Fsp3) is 0.0714. The molecule has 33 heteroatoms. The van der Waals surface area contributed by atoms with E-state index in [4.69, 9.17) is 16.8 Å². The van der Waals surface area contributed by atoms with Crippen LogP contribution in [0, 0.1) is 0 Å². The molecule has 33 nitrogen and oxygen atoms in total. The zero-order valence-electron chi connectivity index (χ0n) is 63.2. The molecule has 0 atom stereocenters. The fourth-order valence-corrected chi connectivity index (χ4v) is 10.6. The number of hydrazine groups is 2. The third kappa shape index (κ3) is 23.6. The van der Waals surface area contributed by atoms with Crippen molar-refractivity contribution in [3.05, 3.63) is 329 Å². The summed E-state index contributed by atoms with van der Waals surface area (Å²) in [4.78, 5) is 134. The smallest absolute Gasteiger partial charge is 0.356 e. The van der Waals surface area contributed by atoms with Crippen molar-refractivity contribution in [3.8, 4) is 0 Å². The molecule has 14 rings (SSSR count). The molecule has 6 amide bonds. The Labute approximate surface area is 667 Å². The van der Waals surface area contributed by atoms with Gasteiger partial charge in [-0.25, -0.2) is 72.0 Å². The highest BCUT2D eigenvalue weighted by Crippen LogP contribution is 2.19. The summed E-state index contributed by atoms with van der Waals surface area (Å²) in [5.74, 6) is 5.31. The van der Waals surface area contributed by atoms with Crippen molar-refractivity contribution < 1.29 is 66.9 Å². The molecular formula is C84H75N21O12+2. The maximum absolute atomic E-state index is 12.6. The predicted molar refractivity (Wildman–Crippen MR) is 437 cm³/mol. The van der Waals surface area contributed by atoms with Crippen LogP contribution >= 0.6 is 0 Å². The van der Waals surface area contributed by atoms with Gasteiger partial charge in [0.15, 0.2) is 18.7 Å². The summed E-state index contributed by atoms with van der Waals surface area (Å²) >= 11 is 0. The average molecular weight is 1570 g/mol. The zero-order valence-corrected chi connectivity index (χ0v) is 63.2. The SMILES string of the molecule is CCO.COC(=O)c1cccc(C(=O)OC)n1.C[n+]1ccc(/C=N/NC(=O)c2cccc(C(=O)N/N=C/c3cc[n+](C)c4ccccc34)n2)c2ccccc21.NNC(=O)c1cccc(C(=O)NN)n1.O=C(N/N=C/c1ccnc2ccccc12)c1cccc(C(=O)N/N=C/c2ccnc3ccccc23)n1.O=Cc1ccnc2ccccc12. The Bertz CT molecular complexity index is 5690. The number of nitrogens with one attached hydrogen (secondary N) is 6. The van der Waals surface area contributed by atoms with Crippen LogP contribution < -0.4 is 53.4 Å². The quantitative estimate of drug-likeness (QED) is 0.00823. The number of pyridine rings is 9. The lowest BCUT2D eigenvalue weighted by Gasteiger charge is -2.04. The molecule has 0 saturated heterocycles. The Morgan fingerprint density at radius 1 is 0.359 bits per heavy atom. The number of benzene rings is 5. The molecule has 0 unspecified atom stereocenters. The summed E-state index contributed by atoms with van der Waals surface area (Å²) in [5.41, 5.74) is 22.7. The zero-order chi connectivity index (χ0) is 83.4. The van der Waals surface area contributed by atoms with Crippen LogP contribution in [0.4, 0.5) is 0 Å². The third-order valence-corrected chi connectivity index (χ3v) is 16.2. The second-order valence-corrected chi connectivity index (χ2v) is 23.8. The van der Waals surface area contributed by atoms with Crippen molar-refractivity contribution >= 4 is 133 Å². The molecule has 9 aromatic heterocycles. The number of aliphatic hydroxyl groups excluding tert-OH is 1. The first-order chi connectivity index (χ1) is 56.9. The van der Waals surface area contributed by atoms with Gasteiger partial charge in [-0.2, -0.15) is 20.4 Å². The molecule has 0 aliphatic heterocycles. The predicted octanol–water partition coefficient (Wildman–Crippen LogP) is 7.26. The number of nitrogens with two attached hydrogens (primary N) is 2. The number of aliphatic hydroxyl groups is 1. The van der Waals surface area contributed by atoms with E-state index in [0.29, 0.717) is 5.56 Å². The van der Waals surface area contributed by atoms with Gasteiger partial charge in [0.25, 0.3) is 35.4 Å². The fourth-order valence-electron chi connectivity index (χ4n) is 10.6. The normalized spacial score (nSPS) is 10.6. The lowest BCUT2D eigenvalue weighted by atomic mass is 10.1. The number of hydrogen-bond acceptors (Lipinski definition) is 25. The topological polar surface area (TPSA) is 464 Å². The number of nitrogens with zero attached hydrogens (tertiary/aromatic N) is 13. The minimum absolute atomic E-state index is 0.0449. The number of aryl methyl sites for hydroxylation is 2. The first-order valence-electron chi connectivity index (χ1n) is 35.1. The second-order valence-electron chi connectivity index (χ2n) is 23.8. The highest BCUT2D eigenvalue weighted by Gasteiger charge is 2.17. The van der Waals surface area contributed by atoms with Crippen molar-refractivity contribution in [2.24, 2.45) is 46.2 Å². The van der Waals surface area contributed by atoms with E-state index >= 15 is 0 Å². The molecule has 0 aliphatic carbocycles. The number of methoxy groups -OCH3 is 2. The van der Waals surface area contributed by atoms with Crippen molar-refractivity contribution in [3.63, 3.8) is 0 Å². The summed E-state index contributed by atoms with van der Waals surface area (Å²) < 4.78 is 12.9. The molecule has 14 aromatic rings. The first kappa shape index (κ1) is 84.8. The van der Waals surface area contributed by atoms with Gasteiger partial charge in [0.2, 0.25) is 11.0 Å². The standard InChI is InChI=1S/C29H23N7O2.C27H19N7O2.C10H7NO.C9H9NO4.C7H9N5O2.C2H6O/c1-35-16-14-20(22-8-3-5-12-26(22)35)18-30-33-28(37)24-10-7-11-25(32-24)29(38)34-31-19-21-15-17-36(2)27-13-6-4-9-23(21)27;35-26(33-30-16-18-12-14-28-22-8-3-1-6-20(18)22)24-10-5-11-25(32-24)27(36)34-31-17-19-13-15-29-23-9-4-2-7-21(19)23;12-7-8-5-6-11-10-4-2-1-3-9(8)10;1-13-8(11)6-4-3-5-7(10-6)9(12)14-2;8-11-6(13)4-2-1-3-5(10-4)7(14)12-9;1-2-3/h3-19H,1-2H3;1-17H,(H,33,35)(H,34,36);1-7H;3-5H,1-2H3;1-3H,8-9H2,(H,11,13)(H,12,14);3H,2H2,1H3/p+2/b;30-16+,31-17+;;;;. The van der Waals surface area contributed by atoms with Gasteiger partial charge in [-0.1, -0.05) is 103 Å². The van der Waals surface area contributed by atoms with Gasteiger partial charge in [0.05, 0.1) is 66.4 Å². The van der Waals surface area contributed by atoms with Crippen LogP contribution in [-0.4, -0.2) is 139 Å². The van der Waals surface area contributed by atoms with E-state index < -0.39 is 47.4 Å². The molecule has 0 fully saturated rings. The van der Waals surface area contributed by atoms with Crippen molar-refractivity contribution in [1.29, 1.82) is 0 Å². The molecule has 9 heterocycles. The van der Waals surface area contributed by atoms with Gasteiger partial charge in [-0.3, -0.25) is 59.4 Å². The van der Waals surface area contributed by atoms with Crippen LogP contribution in [0.1, 0.15) is 123 Å². The Balaban J connectivity index is 0.000000180. The number of hydrazone groups is 4. The van der Waals surface area contributed by atoms with E-state index in [2.05, 4.69) is 86.5 Å². The lowest BCUT2D eigenvalue weighted by molar-refractivity contribution is -0.645. The molecule has 5 aromatic carbocycles. The van der Waals surface area contributed by atoms with Crippen molar-refractivity contribution in [2.45, 2.75) is 6.92 Å². The van der Waals surface area contributed by atoms with E-state index in [9.17, 15) is 43.2 Å². The van der Waals surface area contributed by atoms with Gasteiger partial charge in [0.1, 0.15) is 59.6 Å². The molecule has 0 bridgehead atoms. The third-order valence-electron chi connectivity index (χ3n) is 16.2. The lowest BCUT2D eigenvalue weighted by Crippen LogP contribution is -2.33. The van der Waals surface area contributed by atoms with Gasteiger partial charge >= 0.3 is 11.9 Å². The first-order valence-corrected chi connectivity index (χ1v) is 35.1. The molecule has 0 saturated carbocycles. The van der Waals surface area contributed by atoms with E-state index in [0.717, 1.165) is 83.1 Å². The minimum Gasteiger partial charge on any atom is -0.464 e. The highest BCUT2D eigenvalue weighted by atomic mass is 16.5. The Kier molecular flexibility index (Phi) is 31.4. The number of carbonyl (C=O) groups excluding carboxylic acids is 9. The number of ether oxygens (including phenoxy) is 2. The van der Waals surface area contributed by atoms with Crippen LogP contribution in [0.25, 0.3) is 54.5 Å². The van der Waals surface area contributed by atoms with Gasteiger partial charge in [-0.05, 0) is 104 Å². The number of rotatable bonds is 17. The van der Waals surface area contributed by atoms with Gasteiger partial charge in [0, 0.05) is 93.4 Å². The van der Waals surface area contributed by atoms with Gasteiger partial charge < -0.3 is 14.6 Å². The van der Waals surface area contributed by atoms with Crippen molar-refractivity contribution in [2.75, 3.05) is 20.8 Å². The van der Waals surface area contributed by atoms with Crippen LogP contribution in [0.2, 0.25) is 0 Å². The number of hydrogen-bond donors (Lipinski definition) is 9. The molecular weight excluding hydrogens is 1500 g/mol. The number of aldehydes is 1. The van der Waals surface area contributed by atoms with Gasteiger partial charge in [-0.15, -0.1) is 0 Å². The average Bonchev–Trinajstić information content (AvgIpc) is 0.747. The summed E-state index contributed by atoms with van der Waals surface area (Å²) in [5, 5.41) is 28.5. The molecule has 0 aliphatic rings. The summed E-state index contributed by atoms with van der Waals surface area (Å²) in [7, 11) is 6.42. The Morgan fingerprint density at radius 2 is 0.615 bits per heavy atom. The van der Waals surface area contributed by atoms with E-state index in [-0.39, 0.29) is 52.2 Å². The minimum atomic E-state index is -0.587. The molecule has 117 heavy (non-hydrogen) atoms. The van der Waals surface area contributed by atoms with Crippen LogP contribution in [0.5, 0.6) is 0 Å².